The number of rotatable bonds is 4. The van der Waals surface area contributed by atoms with Crippen molar-refractivity contribution in [3.05, 3.63) is 29.8 Å². The molecular formula is C12H13BrO2. The molecule has 0 aromatic heterocycles. The van der Waals surface area contributed by atoms with Gasteiger partial charge in [-0.15, -0.1) is 0 Å². The van der Waals surface area contributed by atoms with Gasteiger partial charge in [0.25, 0.3) is 0 Å². The van der Waals surface area contributed by atoms with E-state index in [0.717, 1.165) is 18.6 Å². The molecule has 0 spiro atoms. The van der Waals surface area contributed by atoms with E-state index in [9.17, 15) is 4.79 Å². The number of Topliss-reactive ketones (excluding diaryl/α,β-unsaturated/α-hetero) is 1. The molecule has 2 nitrogen and oxygen atoms in total. The summed E-state index contributed by atoms with van der Waals surface area (Å²) in [6.45, 7) is 0. The number of hydrogen-bond donors (Lipinski definition) is 0. The van der Waals surface area contributed by atoms with Gasteiger partial charge in [-0.3, -0.25) is 4.79 Å². The average Bonchev–Trinajstić information content (AvgIpc) is 2.23. The SMILES string of the molecule is O=C(CBr)c1cccc(OC2CCC2)c1. The van der Waals surface area contributed by atoms with Gasteiger partial charge in [-0.1, -0.05) is 28.1 Å². The van der Waals surface area contributed by atoms with Crippen LogP contribution in [0.1, 0.15) is 29.6 Å². The van der Waals surface area contributed by atoms with E-state index in [0.29, 0.717) is 17.0 Å². The third-order valence-corrected chi connectivity index (χ3v) is 3.14. The maximum absolute atomic E-state index is 11.4. The van der Waals surface area contributed by atoms with Gasteiger partial charge >= 0.3 is 0 Å². The lowest BCUT2D eigenvalue weighted by atomic mass is 9.96. The zero-order valence-corrected chi connectivity index (χ0v) is 10.00. The van der Waals surface area contributed by atoms with Crippen molar-refractivity contribution in [3.8, 4) is 5.75 Å². The first-order chi connectivity index (χ1) is 7.29. The molecule has 80 valence electrons. The molecule has 0 atom stereocenters. The van der Waals surface area contributed by atoms with Crippen molar-refractivity contribution in [3.63, 3.8) is 0 Å². The molecule has 0 amide bonds. The van der Waals surface area contributed by atoms with Gasteiger partial charge in [0.05, 0.1) is 11.4 Å². The summed E-state index contributed by atoms with van der Waals surface area (Å²) >= 11 is 3.16. The number of hydrogen-bond acceptors (Lipinski definition) is 2. The Bertz CT molecular complexity index is 358. The maximum Gasteiger partial charge on any atom is 0.173 e. The van der Waals surface area contributed by atoms with Crippen LogP contribution in [0.2, 0.25) is 0 Å². The normalized spacial score (nSPS) is 15.8. The van der Waals surface area contributed by atoms with Crippen LogP contribution in [0.25, 0.3) is 0 Å². The summed E-state index contributed by atoms with van der Waals surface area (Å²) in [6.07, 6.45) is 3.89. The molecule has 1 aromatic carbocycles. The summed E-state index contributed by atoms with van der Waals surface area (Å²) in [4.78, 5) is 11.4. The van der Waals surface area contributed by atoms with Crippen LogP contribution < -0.4 is 4.74 Å². The van der Waals surface area contributed by atoms with Crippen LogP contribution in [0.4, 0.5) is 0 Å². The van der Waals surface area contributed by atoms with E-state index < -0.39 is 0 Å². The quantitative estimate of drug-likeness (QED) is 0.619. The Kier molecular flexibility index (Phi) is 3.41. The van der Waals surface area contributed by atoms with Crippen molar-refractivity contribution in [1.82, 2.24) is 0 Å². The van der Waals surface area contributed by atoms with Crippen LogP contribution in [0.15, 0.2) is 24.3 Å². The zero-order chi connectivity index (χ0) is 10.7. The van der Waals surface area contributed by atoms with Crippen molar-refractivity contribution in [2.75, 3.05) is 5.33 Å². The minimum atomic E-state index is 0.0917. The molecule has 0 saturated heterocycles. The van der Waals surface area contributed by atoms with Crippen molar-refractivity contribution in [2.45, 2.75) is 25.4 Å². The van der Waals surface area contributed by atoms with Gasteiger partial charge in [-0.25, -0.2) is 0 Å². The standard InChI is InChI=1S/C12H13BrO2/c13-8-12(14)9-3-1-6-11(7-9)15-10-4-2-5-10/h1,3,6-7,10H,2,4-5,8H2. The minimum Gasteiger partial charge on any atom is -0.490 e. The second kappa shape index (κ2) is 4.79. The molecule has 0 aliphatic heterocycles. The Labute approximate surface area is 97.8 Å². The number of ether oxygens (including phenoxy) is 1. The lowest BCUT2D eigenvalue weighted by Crippen LogP contribution is -2.24. The molecule has 15 heavy (non-hydrogen) atoms. The smallest absolute Gasteiger partial charge is 0.173 e. The molecule has 1 saturated carbocycles. The molecular weight excluding hydrogens is 256 g/mol. The fourth-order valence-corrected chi connectivity index (χ4v) is 1.82. The molecule has 0 heterocycles. The number of halogens is 1. The lowest BCUT2D eigenvalue weighted by molar-refractivity contribution is 0.101. The molecule has 1 aliphatic carbocycles. The first-order valence-corrected chi connectivity index (χ1v) is 6.27. The highest BCUT2D eigenvalue weighted by atomic mass is 79.9. The molecule has 1 aliphatic rings. The fraction of sp³-hybridized carbons (Fsp3) is 0.417. The van der Waals surface area contributed by atoms with Gasteiger partial charge in [0.1, 0.15) is 5.75 Å². The molecule has 2 rings (SSSR count). The number of alkyl halides is 1. The van der Waals surface area contributed by atoms with Crippen LogP contribution in [0.3, 0.4) is 0 Å². The number of benzene rings is 1. The minimum absolute atomic E-state index is 0.0917. The summed E-state index contributed by atoms with van der Waals surface area (Å²) in [6, 6.07) is 7.41. The zero-order valence-electron chi connectivity index (χ0n) is 8.41. The van der Waals surface area contributed by atoms with E-state index in [2.05, 4.69) is 15.9 Å². The Morgan fingerprint density at radius 3 is 2.87 bits per heavy atom. The van der Waals surface area contributed by atoms with Crippen molar-refractivity contribution >= 4 is 21.7 Å². The van der Waals surface area contributed by atoms with Crippen LogP contribution >= 0.6 is 15.9 Å². The highest BCUT2D eigenvalue weighted by Crippen LogP contribution is 2.25. The van der Waals surface area contributed by atoms with Crippen molar-refractivity contribution in [2.24, 2.45) is 0 Å². The molecule has 0 bridgehead atoms. The predicted molar refractivity (Wildman–Crippen MR) is 62.8 cm³/mol. The third kappa shape index (κ3) is 2.59. The molecule has 0 unspecified atom stereocenters. The lowest BCUT2D eigenvalue weighted by Gasteiger charge is -2.26. The first-order valence-electron chi connectivity index (χ1n) is 5.15. The largest absolute Gasteiger partial charge is 0.490 e. The van der Waals surface area contributed by atoms with E-state index in [1.54, 1.807) is 0 Å². The molecule has 0 radical (unpaired) electrons. The van der Waals surface area contributed by atoms with Crippen molar-refractivity contribution in [1.29, 1.82) is 0 Å². The van der Waals surface area contributed by atoms with E-state index >= 15 is 0 Å². The highest BCUT2D eigenvalue weighted by Gasteiger charge is 2.19. The summed E-state index contributed by atoms with van der Waals surface area (Å²) in [7, 11) is 0. The molecule has 1 fully saturated rings. The Hall–Kier alpha value is -0.830. The van der Waals surface area contributed by atoms with E-state index in [-0.39, 0.29) is 5.78 Å². The van der Waals surface area contributed by atoms with Gasteiger partial charge in [0.15, 0.2) is 5.78 Å². The number of carbonyl (C=O) groups is 1. The number of ketones is 1. The van der Waals surface area contributed by atoms with Crippen LogP contribution in [-0.2, 0) is 0 Å². The summed E-state index contributed by atoms with van der Waals surface area (Å²) in [5.74, 6) is 0.903. The summed E-state index contributed by atoms with van der Waals surface area (Å²) in [5.41, 5.74) is 0.712. The van der Waals surface area contributed by atoms with Crippen molar-refractivity contribution < 1.29 is 9.53 Å². The predicted octanol–water partition coefficient (Wildman–Crippen LogP) is 3.20. The van der Waals surface area contributed by atoms with E-state index in [4.69, 9.17) is 4.74 Å². The maximum atomic E-state index is 11.4. The molecule has 1 aromatic rings. The van der Waals surface area contributed by atoms with Gasteiger partial charge < -0.3 is 4.74 Å². The van der Waals surface area contributed by atoms with E-state index in [1.165, 1.54) is 6.42 Å². The van der Waals surface area contributed by atoms with Gasteiger partial charge in [-0.05, 0) is 31.4 Å². The summed E-state index contributed by atoms with van der Waals surface area (Å²) < 4.78 is 5.72. The van der Waals surface area contributed by atoms with Gasteiger partial charge in [-0.2, -0.15) is 0 Å². The van der Waals surface area contributed by atoms with Crippen LogP contribution in [-0.4, -0.2) is 17.2 Å². The Morgan fingerprint density at radius 2 is 2.27 bits per heavy atom. The van der Waals surface area contributed by atoms with Gasteiger partial charge in [0, 0.05) is 5.56 Å². The first kappa shape index (κ1) is 10.7. The Morgan fingerprint density at radius 1 is 1.47 bits per heavy atom. The van der Waals surface area contributed by atoms with Crippen LogP contribution in [0.5, 0.6) is 5.75 Å². The highest BCUT2D eigenvalue weighted by molar-refractivity contribution is 9.09. The summed E-state index contributed by atoms with van der Waals surface area (Å²) in [5, 5.41) is 0.361. The molecule has 3 heteroatoms. The van der Waals surface area contributed by atoms with Gasteiger partial charge in [0.2, 0.25) is 0 Å². The number of carbonyl (C=O) groups excluding carboxylic acids is 1. The second-order valence-corrected chi connectivity index (χ2v) is 4.32. The average molecular weight is 269 g/mol. The van der Waals surface area contributed by atoms with E-state index in [1.807, 2.05) is 24.3 Å². The second-order valence-electron chi connectivity index (χ2n) is 3.76. The monoisotopic (exact) mass is 268 g/mol. The Balaban J connectivity index is 2.07. The fourth-order valence-electron chi connectivity index (χ4n) is 1.50. The third-order valence-electron chi connectivity index (χ3n) is 2.63. The topological polar surface area (TPSA) is 26.3 Å². The molecule has 0 N–H and O–H groups in total. The van der Waals surface area contributed by atoms with Crippen LogP contribution in [0, 0.1) is 0 Å².